The highest BCUT2D eigenvalue weighted by Gasteiger charge is 2.47. The van der Waals surface area contributed by atoms with E-state index in [4.69, 9.17) is 9.47 Å². The average Bonchev–Trinajstić information content (AvgIpc) is 2.76. The van der Waals surface area contributed by atoms with Crippen molar-refractivity contribution in [3.63, 3.8) is 0 Å². The van der Waals surface area contributed by atoms with Crippen molar-refractivity contribution in [3.05, 3.63) is 35.9 Å². The summed E-state index contributed by atoms with van der Waals surface area (Å²) in [4.78, 5) is 0. The maximum Gasteiger partial charge on any atom is 0.110 e. The van der Waals surface area contributed by atoms with Crippen LogP contribution in [0.1, 0.15) is 19.4 Å². The summed E-state index contributed by atoms with van der Waals surface area (Å²) in [6.07, 6.45) is 0.284. The highest BCUT2D eigenvalue weighted by atomic mass is 16.6. The van der Waals surface area contributed by atoms with Crippen LogP contribution < -0.4 is 0 Å². The van der Waals surface area contributed by atoms with E-state index in [0.29, 0.717) is 13.2 Å². The van der Waals surface area contributed by atoms with Gasteiger partial charge in [0.25, 0.3) is 0 Å². The van der Waals surface area contributed by atoms with Gasteiger partial charge in [-0.2, -0.15) is 0 Å². The minimum absolute atomic E-state index is 0.0384. The lowest BCUT2D eigenvalue weighted by Crippen LogP contribution is -2.09. The van der Waals surface area contributed by atoms with Crippen molar-refractivity contribution in [2.24, 2.45) is 0 Å². The van der Waals surface area contributed by atoms with E-state index in [-0.39, 0.29) is 11.7 Å². The molecule has 0 saturated carbocycles. The van der Waals surface area contributed by atoms with Gasteiger partial charge < -0.3 is 9.47 Å². The fourth-order valence-corrected chi connectivity index (χ4v) is 1.43. The Morgan fingerprint density at radius 1 is 1.29 bits per heavy atom. The Labute approximate surface area is 84.8 Å². The van der Waals surface area contributed by atoms with Gasteiger partial charge in [0.15, 0.2) is 0 Å². The number of hydrogen-bond acceptors (Lipinski definition) is 2. The molecule has 14 heavy (non-hydrogen) atoms. The normalized spacial score (nSPS) is 23.4. The highest BCUT2D eigenvalue weighted by molar-refractivity contribution is 5.13. The smallest absolute Gasteiger partial charge is 0.110 e. The summed E-state index contributed by atoms with van der Waals surface area (Å²) in [5.74, 6) is 0. The van der Waals surface area contributed by atoms with Crippen LogP contribution in [-0.2, 0) is 16.1 Å². The molecule has 1 aromatic carbocycles. The van der Waals surface area contributed by atoms with Crippen LogP contribution in [0.4, 0.5) is 0 Å². The van der Waals surface area contributed by atoms with Crippen LogP contribution in [0.3, 0.4) is 0 Å². The van der Waals surface area contributed by atoms with Crippen molar-refractivity contribution in [1.29, 1.82) is 0 Å². The summed E-state index contributed by atoms with van der Waals surface area (Å²) >= 11 is 0. The first-order valence-corrected chi connectivity index (χ1v) is 4.98. The Bertz CT molecular complexity index is 292. The first-order valence-electron chi connectivity index (χ1n) is 4.98. The number of hydrogen-bond donors (Lipinski definition) is 0. The van der Waals surface area contributed by atoms with Crippen molar-refractivity contribution < 1.29 is 9.47 Å². The molecule has 1 heterocycles. The molecule has 1 aliphatic rings. The van der Waals surface area contributed by atoms with Gasteiger partial charge in [-0.05, 0) is 19.4 Å². The van der Waals surface area contributed by atoms with E-state index in [1.165, 1.54) is 5.56 Å². The molecular formula is C12H16O2. The molecule has 2 rings (SSSR count). The van der Waals surface area contributed by atoms with Gasteiger partial charge in [0.05, 0.1) is 18.8 Å². The molecular weight excluding hydrogens is 176 g/mol. The SMILES string of the molecule is CC1(C)O[C@H]1COCc1ccccc1. The molecule has 1 saturated heterocycles. The lowest BCUT2D eigenvalue weighted by atomic mass is 10.1. The maximum atomic E-state index is 5.55. The maximum absolute atomic E-state index is 5.55. The number of benzene rings is 1. The van der Waals surface area contributed by atoms with Crippen LogP contribution in [0, 0.1) is 0 Å². The molecule has 2 nitrogen and oxygen atoms in total. The average molecular weight is 192 g/mol. The van der Waals surface area contributed by atoms with E-state index in [1.54, 1.807) is 0 Å². The molecule has 1 fully saturated rings. The number of rotatable bonds is 4. The zero-order valence-electron chi connectivity index (χ0n) is 8.69. The van der Waals surface area contributed by atoms with Gasteiger partial charge in [-0.25, -0.2) is 0 Å². The summed E-state index contributed by atoms with van der Waals surface area (Å²) in [6, 6.07) is 10.2. The van der Waals surface area contributed by atoms with Gasteiger partial charge in [0, 0.05) is 0 Å². The molecule has 2 heteroatoms. The highest BCUT2D eigenvalue weighted by Crippen LogP contribution is 2.35. The molecule has 0 bridgehead atoms. The van der Waals surface area contributed by atoms with E-state index in [1.807, 2.05) is 18.2 Å². The quantitative estimate of drug-likeness (QED) is 0.683. The molecule has 0 aliphatic carbocycles. The van der Waals surface area contributed by atoms with Crippen LogP contribution in [0.25, 0.3) is 0 Å². The lowest BCUT2D eigenvalue weighted by Gasteiger charge is -2.02. The second-order valence-electron chi connectivity index (χ2n) is 4.21. The number of epoxide rings is 1. The lowest BCUT2D eigenvalue weighted by molar-refractivity contribution is 0.104. The van der Waals surface area contributed by atoms with E-state index in [9.17, 15) is 0 Å². The summed E-state index contributed by atoms with van der Waals surface area (Å²) in [6.45, 7) is 5.55. The monoisotopic (exact) mass is 192 g/mol. The Morgan fingerprint density at radius 2 is 1.93 bits per heavy atom. The van der Waals surface area contributed by atoms with Gasteiger partial charge in [-0.15, -0.1) is 0 Å². The van der Waals surface area contributed by atoms with Crippen LogP contribution in [0.2, 0.25) is 0 Å². The molecule has 0 N–H and O–H groups in total. The predicted octanol–water partition coefficient (Wildman–Crippen LogP) is 2.38. The summed E-state index contributed by atoms with van der Waals surface area (Å²) in [5, 5.41) is 0. The van der Waals surface area contributed by atoms with E-state index >= 15 is 0 Å². The van der Waals surface area contributed by atoms with Gasteiger partial charge in [0.1, 0.15) is 6.10 Å². The van der Waals surface area contributed by atoms with E-state index in [0.717, 1.165) is 0 Å². The van der Waals surface area contributed by atoms with Crippen molar-refractivity contribution in [2.75, 3.05) is 6.61 Å². The minimum Gasteiger partial charge on any atom is -0.374 e. The molecule has 76 valence electrons. The van der Waals surface area contributed by atoms with Crippen molar-refractivity contribution in [2.45, 2.75) is 32.2 Å². The standard InChI is InChI=1S/C12H16O2/c1-12(2)11(14-12)9-13-8-10-6-4-3-5-7-10/h3-7,11H,8-9H2,1-2H3/t11-/m0/s1. The second kappa shape index (κ2) is 3.71. The van der Waals surface area contributed by atoms with E-state index in [2.05, 4.69) is 26.0 Å². The van der Waals surface area contributed by atoms with Crippen molar-refractivity contribution in [1.82, 2.24) is 0 Å². The molecule has 0 unspecified atom stereocenters. The third kappa shape index (κ3) is 2.34. The van der Waals surface area contributed by atoms with Crippen LogP contribution in [-0.4, -0.2) is 18.3 Å². The molecule has 1 aliphatic heterocycles. The van der Waals surface area contributed by atoms with Gasteiger partial charge in [-0.3, -0.25) is 0 Å². The molecule has 0 aromatic heterocycles. The van der Waals surface area contributed by atoms with E-state index < -0.39 is 0 Å². The summed E-state index contributed by atoms with van der Waals surface area (Å²) in [5.41, 5.74) is 1.25. The van der Waals surface area contributed by atoms with Crippen molar-refractivity contribution in [3.8, 4) is 0 Å². The zero-order valence-corrected chi connectivity index (χ0v) is 8.69. The summed E-state index contributed by atoms with van der Waals surface area (Å²) < 4.78 is 11.0. The first kappa shape index (κ1) is 9.69. The molecule has 1 aromatic rings. The third-order valence-electron chi connectivity index (χ3n) is 2.54. The number of ether oxygens (including phenoxy) is 2. The second-order valence-corrected chi connectivity index (χ2v) is 4.21. The predicted molar refractivity (Wildman–Crippen MR) is 55.1 cm³/mol. The molecule has 0 radical (unpaired) electrons. The van der Waals surface area contributed by atoms with Gasteiger partial charge >= 0.3 is 0 Å². The fraction of sp³-hybridized carbons (Fsp3) is 0.500. The van der Waals surface area contributed by atoms with Crippen LogP contribution in [0.15, 0.2) is 30.3 Å². The molecule has 1 atom stereocenters. The van der Waals surface area contributed by atoms with Crippen LogP contribution >= 0.6 is 0 Å². The van der Waals surface area contributed by atoms with Crippen molar-refractivity contribution >= 4 is 0 Å². The Kier molecular flexibility index (Phi) is 2.57. The Morgan fingerprint density at radius 3 is 2.50 bits per heavy atom. The van der Waals surface area contributed by atoms with Gasteiger partial charge in [-0.1, -0.05) is 30.3 Å². The van der Waals surface area contributed by atoms with Gasteiger partial charge in [0.2, 0.25) is 0 Å². The minimum atomic E-state index is 0.0384. The first-order chi connectivity index (χ1) is 6.68. The van der Waals surface area contributed by atoms with Crippen LogP contribution in [0.5, 0.6) is 0 Å². The zero-order chi connectivity index (χ0) is 10.0. The summed E-state index contributed by atoms with van der Waals surface area (Å²) in [7, 11) is 0. The largest absolute Gasteiger partial charge is 0.374 e. The third-order valence-corrected chi connectivity index (χ3v) is 2.54. The topological polar surface area (TPSA) is 21.8 Å². The molecule has 0 spiro atoms. The Balaban J connectivity index is 1.69. The fourth-order valence-electron chi connectivity index (χ4n) is 1.43. The Hall–Kier alpha value is -0.860. The molecule has 0 amide bonds.